The maximum absolute atomic E-state index is 13.4. The van der Waals surface area contributed by atoms with Crippen molar-refractivity contribution in [1.82, 2.24) is 4.98 Å². The van der Waals surface area contributed by atoms with Gasteiger partial charge in [0.2, 0.25) is 0 Å². The van der Waals surface area contributed by atoms with Gasteiger partial charge in [0.05, 0.1) is 17.4 Å². The van der Waals surface area contributed by atoms with Crippen LogP contribution in [0.4, 0.5) is 14.5 Å². The van der Waals surface area contributed by atoms with E-state index in [1.54, 1.807) is 0 Å². The minimum absolute atomic E-state index is 0.0226. The van der Waals surface area contributed by atoms with E-state index in [0.717, 1.165) is 6.20 Å². The van der Waals surface area contributed by atoms with Crippen LogP contribution in [0.2, 0.25) is 0 Å². The molecule has 1 heterocycles. The van der Waals surface area contributed by atoms with E-state index in [1.165, 1.54) is 30.5 Å². The van der Waals surface area contributed by atoms with Crippen molar-refractivity contribution < 1.29 is 13.6 Å². The molecule has 1 amide bonds. The number of carbonyl (C=O) groups is 1. The molecule has 3 nitrogen and oxygen atoms in total. The smallest absolute Gasteiger partial charge is 0.258 e. The van der Waals surface area contributed by atoms with Crippen molar-refractivity contribution in [1.29, 1.82) is 0 Å². The van der Waals surface area contributed by atoms with Gasteiger partial charge >= 0.3 is 0 Å². The summed E-state index contributed by atoms with van der Waals surface area (Å²) >= 11 is 3.15. The Hall–Kier alpha value is -1.82. The first kappa shape index (κ1) is 12.6. The standard InChI is InChI=1S/C12H7BrF2N2O/c13-7-1-2-9(14)11(5-7)17-12(18)8-3-4-16-6-10(8)15/h1-6H,(H,17,18). The van der Waals surface area contributed by atoms with Gasteiger partial charge in [-0.05, 0) is 24.3 Å². The first-order chi connectivity index (χ1) is 8.58. The Morgan fingerprint density at radius 2 is 2.00 bits per heavy atom. The first-order valence-electron chi connectivity index (χ1n) is 4.94. The zero-order valence-corrected chi connectivity index (χ0v) is 10.5. The molecule has 6 heteroatoms. The van der Waals surface area contributed by atoms with Gasteiger partial charge in [-0.3, -0.25) is 9.78 Å². The summed E-state index contributed by atoms with van der Waals surface area (Å²) in [5.74, 6) is -2.08. The summed E-state index contributed by atoms with van der Waals surface area (Å²) in [7, 11) is 0. The maximum Gasteiger partial charge on any atom is 0.258 e. The van der Waals surface area contributed by atoms with Crippen LogP contribution in [0, 0.1) is 11.6 Å². The molecule has 1 aromatic heterocycles. The molecule has 0 saturated heterocycles. The van der Waals surface area contributed by atoms with Gasteiger partial charge in [0.15, 0.2) is 5.82 Å². The fraction of sp³-hybridized carbons (Fsp3) is 0. The van der Waals surface area contributed by atoms with E-state index >= 15 is 0 Å². The molecular weight excluding hydrogens is 306 g/mol. The van der Waals surface area contributed by atoms with Gasteiger partial charge in [0, 0.05) is 10.7 Å². The van der Waals surface area contributed by atoms with Gasteiger partial charge < -0.3 is 5.32 Å². The van der Waals surface area contributed by atoms with E-state index < -0.39 is 17.5 Å². The predicted octanol–water partition coefficient (Wildman–Crippen LogP) is 3.37. The molecule has 0 saturated carbocycles. The van der Waals surface area contributed by atoms with Crippen molar-refractivity contribution in [2.75, 3.05) is 5.32 Å². The number of amides is 1. The molecule has 0 atom stereocenters. The molecule has 18 heavy (non-hydrogen) atoms. The summed E-state index contributed by atoms with van der Waals surface area (Å²) in [6.07, 6.45) is 2.21. The van der Waals surface area contributed by atoms with E-state index in [9.17, 15) is 13.6 Å². The number of aromatic nitrogens is 1. The highest BCUT2D eigenvalue weighted by Crippen LogP contribution is 2.20. The topological polar surface area (TPSA) is 42.0 Å². The Kier molecular flexibility index (Phi) is 3.66. The molecule has 0 aliphatic carbocycles. The molecule has 0 bridgehead atoms. The Bertz CT molecular complexity index is 604. The molecule has 0 fully saturated rings. The number of hydrogen-bond donors (Lipinski definition) is 1. The van der Waals surface area contributed by atoms with Gasteiger partial charge in [-0.25, -0.2) is 8.78 Å². The molecule has 0 unspecified atom stereocenters. The second-order valence-corrected chi connectivity index (χ2v) is 4.35. The van der Waals surface area contributed by atoms with Crippen LogP contribution in [0.1, 0.15) is 10.4 Å². The second-order valence-electron chi connectivity index (χ2n) is 3.43. The highest BCUT2D eigenvalue weighted by molar-refractivity contribution is 9.10. The number of rotatable bonds is 2. The van der Waals surface area contributed by atoms with Crippen molar-refractivity contribution in [2.45, 2.75) is 0 Å². The summed E-state index contributed by atoms with van der Waals surface area (Å²) in [4.78, 5) is 15.3. The highest BCUT2D eigenvalue weighted by atomic mass is 79.9. The van der Waals surface area contributed by atoms with Gasteiger partial charge in [-0.15, -0.1) is 0 Å². The van der Waals surface area contributed by atoms with Crippen LogP contribution in [-0.2, 0) is 0 Å². The molecule has 0 aliphatic rings. The second kappa shape index (κ2) is 5.22. The first-order valence-corrected chi connectivity index (χ1v) is 5.73. The average molecular weight is 313 g/mol. The summed E-state index contributed by atoms with van der Waals surface area (Å²) in [6, 6.07) is 5.31. The minimum atomic E-state index is -0.759. The molecular formula is C12H7BrF2N2O. The maximum atomic E-state index is 13.4. The van der Waals surface area contributed by atoms with E-state index in [-0.39, 0.29) is 11.3 Å². The third kappa shape index (κ3) is 2.70. The monoisotopic (exact) mass is 312 g/mol. The van der Waals surface area contributed by atoms with E-state index in [0.29, 0.717) is 4.47 Å². The number of nitrogens with zero attached hydrogens (tertiary/aromatic N) is 1. The number of hydrogen-bond acceptors (Lipinski definition) is 2. The van der Waals surface area contributed by atoms with E-state index in [4.69, 9.17) is 0 Å². The minimum Gasteiger partial charge on any atom is -0.319 e. The van der Waals surface area contributed by atoms with Crippen LogP contribution in [0.3, 0.4) is 0 Å². The molecule has 0 radical (unpaired) electrons. The number of anilines is 1. The van der Waals surface area contributed by atoms with Crippen molar-refractivity contribution in [3.8, 4) is 0 Å². The summed E-state index contributed by atoms with van der Waals surface area (Å²) in [6.45, 7) is 0. The highest BCUT2D eigenvalue weighted by Gasteiger charge is 2.13. The van der Waals surface area contributed by atoms with Crippen molar-refractivity contribution in [3.63, 3.8) is 0 Å². The normalized spacial score (nSPS) is 10.2. The summed E-state index contributed by atoms with van der Waals surface area (Å²) in [5.41, 5.74) is -0.213. The van der Waals surface area contributed by atoms with Gasteiger partial charge in [-0.2, -0.15) is 0 Å². The van der Waals surface area contributed by atoms with Crippen LogP contribution in [-0.4, -0.2) is 10.9 Å². The summed E-state index contributed by atoms with van der Waals surface area (Å²) < 4.78 is 27.3. The molecule has 2 aromatic rings. The van der Waals surface area contributed by atoms with Crippen LogP contribution in [0.5, 0.6) is 0 Å². The lowest BCUT2D eigenvalue weighted by molar-refractivity contribution is 0.102. The lowest BCUT2D eigenvalue weighted by atomic mass is 10.2. The zero-order valence-electron chi connectivity index (χ0n) is 8.95. The van der Waals surface area contributed by atoms with Crippen LogP contribution < -0.4 is 5.32 Å². The lowest BCUT2D eigenvalue weighted by Crippen LogP contribution is -2.14. The van der Waals surface area contributed by atoms with Gasteiger partial charge in [0.25, 0.3) is 5.91 Å². The van der Waals surface area contributed by atoms with Crippen molar-refractivity contribution in [2.24, 2.45) is 0 Å². The SMILES string of the molecule is O=C(Nc1cc(Br)ccc1F)c1ccncc1F. The van der Waals surface area contributed by atoms with E-state index in [2.05, 4.69) is 26.2 Å². The number of carbonyl (C=O) groups excluding carboxylic acids is 1. The Morgan fingerprint density at radius 1 is 1.22 bits per heavy atom. The number of nitrogens with one attached hydrogen (secondary N) is 1. The largest absolute Gasteiger partial charge is 0.319 e. The Balaban J connectivity index is 2.27. The average Bonchev–Trinajstić information content (AvgIpc) is 2.34. The van der Waals surface area contributed by atoms with E-state index in [1.807, 2.05) is 0 Å². The predicted molar refractivity (Wildman–Crippen MR) is 66.2 cm³/mol. The fourth-order valence-corrected chi connectivity index (χ4v) is 1.70. The number of halogens is 3. The number of benzene rings is 1. The Labute approximate surface area is 110 Å². The molecule has 1 N–H and O–H groups in total. The molecule has 0 aliphatic heterocycles. The molecule has 92 valence electrons. The Morgan fingerprint density at radius 3 is 2.72 bits per heavy atom. The lowest BCUT2D eigenvalue weighted by Gasteiger charge is -2.07. The van der Waals surface area contributed by atoms with Crippen LogP contribution in [0.15, 0.2) is 41.1 Å². The summed E-state index contributed by atoms with van der Waals surface area (Å²) in [5, 5.41) is 2.30. The molecule has 2 rings (SSSR count). The van der Waals surface area contributed by atoms with Crippen molar-refractivity contribution in [3.05, 3.63) is 58.3 Å². The van der Waals surface area contributed by atoms with Crippen LogP contribution >= 0.6 is 15.9 Å². The quantitative estimate of drug-likeness (QED) is 0.923. The third-order valence-electron chi connectivity index (χ3n) is 2.19. The number of pyridine rings is 1. The fourth-order valence-electron chi connectivity index (χ4n) is 1.34. The van der Waals surface area contributed by atoms with Crippen molar-refractivity contribution >= 4 is 27.5 Å². The molecule has 0 spiro atoms. The van der Waals surface area contributed by atoms with Gasteiger partial charge in [-0.1, -0.05) is 15.9 Å². The molecule has 1 aromatic carbocycles. The van der Waals surface area contributed by atoms with Gasteiger partial charge in [0.1, 0.15) is 5.82 Å². The third-order valence-corrected chi connectivity index (χ3v) is 2.69. The zero-order chi connectivity index (χ0) is 13.1. The van der Waals surface area contributed by atoms with Crippen LogP contribution in [0.25, 0.3) is 0 Å².